The summed E-state index contributed by atoms with van der Waals surface area (Å²) in [5, 5.41) is 16.5. The minimum atomic E-state index is -0.264. The van der Waals surface area contributed by atoms with Gasteiger partial charge in [0.05, 0.1) is 11.9 Å². The molecule has 1 heterocycles. The molecule has 18 heavy (non-hydrogen) atoms. The number of aryl methyl sites for hydroxylation is 1. The summed E-state index contributed by atoms with van der Waals surface area (Å²) in [4.78, 5) is 11.2. The second kappa shape index (κ2) is 4.40. The monoisotopic (exact) mass is 246 g/mol. The maximum Gasteiger partial charge on any atom is 0.221 e. The molecule has 2 rings (SSSR count). The number of nitrogens with one attached hydrogen (secondary N) is 1. The van der Waals surface area contributed by atoms with E-state index in [2.05, 4.69) is 10.4 Å². The quantitative estimate of drug-likeness (QED) is 0.697. The summed E-state index contributed by atoms with van der Waals surface area (Å²) >= 11 is 0. The topological polar surface area (TPSA) is 93.2 Å². The van der Waals surface area contributed by atoms with Gasteiger partial charge in [-0.2, -0.15) is 5.10 Å². The molecule has 0 spiro atoms. The van der Waals surface area contributed by atoms with Crippen LogP contribution in [0.4, 0.5) is 11.5 Å². The molecule has 1 amide bonds. The third-order valence-electron chi connectivity index (χ3n) is 2.62. The van der Waals surface area contributed by atoms with Crippen LogP contribution in [-0.2, 0) is 11.8 Å². The summed E-state index contributed by atoms with van der Waals surface area (Å²) in [6.45, 7) is 1.38. The SMILES string of the molecule is CC(=O)Nc1c(O)cccc1-c1cnn(C)c1N. The highest BCUT2D eigenvalue weighted by molar-refractivity contribution is 5.97. The first-order chi connectivity index (χ1) is 8.50. The van der Waals surface area contributed by atoms with E-state index in [1.807, 2.05) is 0 Å². The number of carbonyl (C=O) groups is 1. The van der Waals surface area contributed by atoms with Crippen molar-refractivity contribution in [2.24, 2.45) is 7.05 Å². The third kappa shape index (κ3) is 2.00. The van der Waals surface area contributed by atoms with Crippen molar-refractivity contribution >= 4 is 17.4 Å². The number of para-hydroxylation sites is 1. The van der Waals surface area contributed by atoms with Crippen molar-refractivity contribution in [3.63, 3.8) is 0 Å². The number of aromatic nitrogens is 2. The van der Waals surface area contributed by atoms with E-state index in [4.69, 9.17) is 5.73 Å². The van der Waals surface area contributed by atoms with E-state index in [1.165, 1.54) is 17.7 Å². The van der Waals surface area contributed by atoms with Crippen LogP contribution in [0.5, 0.6) is 5.75 Å². The number of nitrogens with two attached hydrogens (primary N) is 1. The van der Waals surface area contributed by atoms with E-state index < -0.39 is 0 Å². The van der Waals surface area contributed by atoms with Gasteiger partial charge in [0.1, 0.15) is 11.6 Å². The van der Waals surface area contributed by atoms with E-state index in [-0.39, 0.29) is 11.7 Å². The van der Waals surface area contributed by atoms with Crippen molar-refractivity contribution < 1.29 is 9.90 Å². The predicted octanol–water partition coefficient (Wildman–Crippen LogP) is 1.33. The number of hydrogen-bond acceptors (Lipinski definition) is 4. The van der Waals surface area contributed by atoms with E-state index >= 15 is 0 Å². The molecule has 0 fully saturated rings. The molecule has 0 unspecified atom stereocenters. The van der Waals surface area contributed by atoms with E-state index in [1.54, 1.807) is 25.4 Å². The second-order valence-electron chi connectivity index (χ2n) is 3.95. The minimum Gasteiger partial charge on any atom is -0.506 e. The molecule has 2 aromatic rings. The Balaban J connectivity index is 2.60. The number of phenols is 1. The Bertz CT molecular complexity index is 604. The average Bonchev–Trinajstić information content (AvgIpc) is 2.62. The zero-order valence-electron chi connectivity index (χ0n) is 10.1. The molecule has 1 aromatic carbocycles. The summed E-state index contributed by atoms with van der Waals surface area (Å²) in [5.41, 5.74) is 7.53. The van der Waals surface area contributed by atoms with Crippen LogP contribution in [0.3, 0.4) is 0 Å². The normalized spacial score (nSPS) is 10.3. The van der Waals surface area contributed by atoms with E-state index in [0.29, 0.717) is 22.6 Å². The number of carbonyl (C=O) groups excluding carboxylic acids is 1. The lowest BCUT2D eigenvalue weighted by Crippen LogP contribution is -2.07. The fourth-order valence-electron chi connectivity index (χ4n) is 1.73. The zero-order valence-corrected chi connectivity index (χ0v) is 10.1. The summed E-state index contributed by atoms with van der Waals surface area (Å²) in [6, 6.07) is 4.95. The first-order valence-electron chi connectivity index (χ1n) is 5.38. The Morgan fingerprint density at radius 1 is 1.44 bits per heavy atom. The molecule has 0 aliphatic carbocycles. The highest BCUT2D eigenvalue weighted by Crippen LogP contribution is 2.37. The smallest absolute Gasteiger partial charge is 0.221 e. The Labute approximate surface area is 104 Å². The van der Waals surface area contributed by atoms with Crippen LogP contribution in [0.2, 0.25) is 0 Å². The lowest BCUT2D eigenvalue weighted by atomic mass is 10.1. The Morgan fingerprint density at radius 3 is 2.72 bits per heavy atom. The van der Waals surface area contributed by atoms with Gasteiger partial charge in [0.25, 0.3) is 0 Å². The third-order valence-corrected chi connectivity index (χ3v) is 2.62. The molecule has 0 atom stereocenters. The number of rotatable bonds is 2. The van der Waals surface area contributed by atoms with Gasteiger partial charge in [-0.05, 0) is 6.07 Å². The van der Waals surface area contributed by atoms with Crippen molar-refractivity contribution in [2.45, 2.75) is 6.92 Å². The molecule has 0 radical (unpaired) electrons. The average molecular weight is 246 g/mol. The van der Waals surface area contributed by atoms with Crippen LogP contribution in [-0.4, -0.2) is 20.8 Å². The first kappa shape index (κ1) is 12.0. The number of anilines is 2. The van der Waals surface area contributed by atoms with Gasteiger partial charge in [-0.3, -0.25) is 9.48 Å². The number of benzene rings is 1. The molecular weight excluding hydrogens is 232 g/mol. The van der Waals surface area contributed by atoms with Crippen molar-refractivity contribution in [1.82, 2.24) is 9.78 Å². The lowest BCUT2D eigenvalue weighted by Gasteiger charge is -2.11. The Morgan fingerprint density at radius 2 is 2.17 bits per heavy atom. The molecule has 0 bridgehead atoms. The largest absolute Gasteiger partial charge is 0.506 e. The molecule has 94 valence electrons. The van der Waals surface area contributed by atoms with Gasteiger partial charge < -0.3 is 16.2 Å². The van der Waals surface area contributed by atoms with Crippen molar-refractivity contribution in [3.05, 3.63) is 24.4 Å². The van der Waals surface area contributed by atoms with E-state index in [9.17, 15) is 9.90 Å². The van der Waals surface area contributed by atoms with Crippen molar-refractivity contribution in [3.8, 4) is 16.9 Å². The fourth-order valence-corrected chi connectivity index (χ4v) is 1.73. The number of hydrogen-bond donors (Lipinski definition) is 3. The molecule has 0 aliphatic rings. The van der Waals surface area contributed by atoms with Crippen LogP contribution in [0.25, 0.3) is 11.1 Å². The van der Waals surface area contributed by atoms with Crippen LogP contribution >= 0.6 is 0 Å². The number of amides is 1. The number of nitrogen functional groups attached to an aromatic ring is 1. The van der Waals surface area contributed by atoms with Gasteiger partial charge in [-0.25, -0.2) is 0 Å². The van der Waals surface area contributed by atoms with Crippen molar-refractivity contribution in [2.75, 3.05) is 11.1 Å². The fraction of sp³-hybridized carbons (Fsp3) is 0.167. The van der Waals surface area contributed by atoms with Gasteiger partial charge >= 0.3 is 0 Å². The van der Waals surface area contributed by atoms with Gasteiger partial charge in [0, 0.05) is 25.1 Å². The second-order valence-corrected chi connectivity index (χ2v) is 3.95. The van der Waals surface area contributed by atoms with Crippen molar-refractivity contribution in [1.29, 1.82) is 0 Å². The first-order valence-corrected chi connectivity index (χ1v) is 5.38. The minimum absolute atomic E-state index is 0.00838. The molecule has 6 nitrogen and oxygen atoms in total. The van der Waals surface area contributed by atoms with Crippen LogP contribution in [0.15, 0.2) is 24.4 Å². The number of nitrogens with zero attached hydrogens (tertiary/aromatic N) is 2. The van der Waals surface area contributed by atoms with Gasteiger partial charge in [0.15, 0.2) is 0 Å². The Kier molecular flexibility index (Phi) is 2.93. The highest BCUT2D eigenvalue weighted by Gasteiger charge is 2.15. The standard InChI is InChI=1S/C12H14N4O2/c1-7(17)15-11-8(4-3-5-10(11)18)9-6-14-16(2)12(9)13/h3-6,18H,13H2,1-2H3,(H,15,17). The van der Waals surface area contributed by atoms with Gasteiger partial charge in [0.2, 0.25) is 5.91 Å². The maximum absolute atomic E-state index is 11.2. The molecule has 6 heteroatoms. The molecule has 4 N–H and O–H groups in total. The van der Waals surface area contributed by atoms with Crippen LogP contribution in [0, 0.1) is 0 Å². The van der Waals surface area contributed by atoms with Crippen LogP contribution < -0.4 is 11.1 Å². The molecular formula is C12H14N4O2. The predicted molar refractivity (Wildman–Crippen MR) is 69.0 cm³/mol. The zero-order chi connectivity index (χ0) is 13.3. The highest BCUT2D eigenvalue weighted by atomic mass is 16.3. The summed E-state index contributed by atoms with van der Waals surface area (Å²) in [7, 11) is 1.72. The molecule has 0 aliphatic heterocycles. The van der Waals surface area contributed by atoms with Gasteiger partial charge in [-0.15, -0.1) is 0 Å². The number of aromatic hydroxyl groups is 1. The lowest BCUT2D eigenvalue weighted by molar-refractivity contribution is -0.114. The summed E-state index contributed by atoms with van der Waals surface area (Å²) in [5.74, 6) is 0.193. The summed E-state index contributed by atoms with van der Waals surface area (Å²) in [6.07, 6.45) is 1.59. The summed E-state index contributed by atoms with van der Waals surface area (Å²) < 4.78 is 1.52. The molecule has 0 saturated carbocycles. The van der Waals surface area contributed by atoms with Crippen LogP contribution in [0.1, 0.15) is 6.92 Å². The molecule has 1 aromatic heterocycles. The van der Waals surface area contributed by atoms with Gasteiger partial charge in [-0.1, -0.05) is 12.1 Å². The maximum atomic E-state index is 11.2. The molecule has 0 saturated heterocycles. The number of phenolic OH excluding ortho intramolecular Hbond substituents is 1. The Hall–Kier alpha value is -2.50. The van der Waals surface area contributed by atoms with E-state index in [0.717, 1.165) is 0 Å².